The molecule has 1 fully saturated rings. The van der Waals surface area contributed by atoms with E-state index in [0.717, 1.165) is 11.3 Å². The summed E-state index contributed by atoms with van der Waals surface area (Å²) in [6.07, 6.45) is -1.24. The molecule has 29 heavy (non-hydrogen) atoms. The molecule has 0 aliphatic carbocycles. The normalized spacial score (nSPS) is 23.3. The molecule has 8 heteroatoms. The van der Waals surface area contributed by atoms with Crippen molar-refractivity contribution in [2.24, 2.45) is 0 Å². The quantitative estimate of drug-likeness (QED) is 0.501. The number of aliphatic hydroxyl groups excluding tert-OH is 3. The average molecular weight is 411 g/mol. The van der Waals surface area contributed by atoms with Crippen LogP contribution in [0.4, 0.5) is 4.79 Å². The number of nitrogens with one attached hydrogen (secondary N) is 1. The van der Waals surface area contributed by atoms with Crippen molar-refractivity contribution in [1.82, 2.24) is 10.2 Å². The maximum Gasteiger partial charge on any atom is 0.407 e. The van der Waals surface area contributed by atoms with Crippen LogP contribution in [0.2, 0.25) is 0 Å². The SMILES string of the molecule is CC(C)(C)OC(=O)N[C@@H]1C[C@@H](O)CN(Cc2ccc(OCCCO)cc2)C[C@H]1O. The smallest absolute Gasteiger partial charge is 0.407 e. The topological polar surface area (TPSA) is 111 Å². The molecule has 3 atom stereocenters. The number of carbonyl (C=O) groups is 1. The van der Waals surface area contributed by atoms with Gasteiger partial charge in [-0.25, -0.2) is 4.79 Å². The molecule has 1 aromatic rings. The van der Waals surface area contributed by atoms with Crippen LogP contribution >= 0.6 is 0 Å². The van der Waals surface area contributed by atoms with E-state index < -0.39 is 29.9 Å². The van der Waals surface area contributed by atoms with Crippen LogP contribution in [0.15, 0.2) is 24.3 Å². The maximum absolute atomic E-state index is 12.0. The first-order chi connectivity index (χ1) is 13.7. The van der Waals surface area contributed by atoms with Gasteiger partial charge in [0.15, 0.2) is 0 Å². The van der Waals surface area contributed by atoms with Gasteiger partial charge in [-0.2, -0.15) is 0 Å². The summed E-state index contributed by atoms with van der Waals surface area (Å²) in [7, 11) is 0. The lowest BCUT2D eigenvalue weighted by Gasteiger charge is -2.26. The van der Waals surface area contributed by atoms with E-state index in [1.165, 1.54) is 0 Å². The molecule has 8 nitrogen and oxygen atoms in total. The number of alkyl carbamates (subject to hydrolysis) is 1. The zero-order valence-corrected chi connectivity index (χ0v) is 17.5. The van der Waals surface area contributed by atoms with Gasteiger partial charge in [0, 0.05) is 32.7 Å². The summed E-state index contributed by atoms with van der Waals surface area (Å²) in [5.41, 5.74) is 0.399. The van der Waals surface area contributed by atoms with Crippen LogP contribution in [-0.4, -0.2) is 76.5 Å². The number of hydrogen-bond donors (Lipinski definition) is 4. The second kappa shape index (κ2) is 10.8. The van der Waals surface area contributed by atoms with Gasteiger partial charge in [0.25, 0.3) is 0 Å². The number of amides is 1. The van der Waals surface area contributed by atoms with Crippen molar-refractivity contribution in [1.29, 1.82) is 0 Å². The summed E-state index contributed by atoms with van der Waals surface area (Å²) in [5, 5.41) is 32.4. The van der Waals surface area contributed by atoms with E-state index in [1.807, 2.05) is 29.2 Å². The van der Waals surface area contributed by atoms with Gasteiger partial charge in [-0.15, -0.1) is 0 Å². The van der Waals surface area contributed by atoms with Gasteiger partial charge in [-0.05, 0) is 44.9 Å². The first-order valence-electron chi connectivity index (χ1n) is 10.1. The number of benzene rings is 1. The molecular weight excluding hydrogens is 376 g/mol. The summed E-state index contributed by atoms with van der Waals surface area (Å²) in [6.45, 7) is 7.17. The fourth-order valence-corrected chi connectivity index (χ4v) is 3.24. The van der Waals surface area contributed by atoms with Gasteiger partial charge in [0.05, 0.1) is 24.9 Å². The van der Waals surface area contributed by atoms with Gasteiger partial charge in [0.1, 0.15) is 11.4 Å². The average Bonchev–Trinajstić information content (AvgIpc) is 2.73. The van der Waals surface area contributed by atoms with E-state index >= 15 is 0 Å². The fraction of sp³-hybridized carbons (Fsp3) is 0.667. The van der Waals surface area contributed by atoms with Crippen LogP contribution in [0.25, 0.3) is 0 Å². The van der Waals surface area contributed by atoms with E-state index in [2.05, 4.69) is 5.32 Å². The van der Waals surface area contributed by atoms with Crippen molar-refractivity contribution in [2.45, 2.75) is 64.0 Å². The molecule has 0 unspecified atom stereocenters. The number of rotatable bonds is 7. The lowest BCUT2D eigenvalue weighted by Crippen LogP contribution is -2.48. The highest BCUT2D eigenvalue weighted by Gasteiger charge is 2.32. The Bertz CT molecular complexity index is 631. The Morgan fingerprint density at radius 3 is 2.52 bits per heavy atom. The second-order valence-corrected chi connectivity index (χ2v) is 8.47. The number of carbonyl (C=O) groups excluding carboxylic acids is 1. The van der Waals surface area contributed by atoms with Crippen molar-refractivity contribution >= 4 is 6.09 Å². The summed E-state index contributed by atoms with van der Waals surface area (Å²) in [5.74, 6) is 0.736. The Morgan fingerprint density at radius 2 is 1.90 bits per heavy atom. The predicted molar refractivity (Wildman–Crippen MR) is 109 cm³/mol. The maximum atomic E-state index is 12.0. The number of likely N-dealkylation sites (tertiary alicyclic amines) is 1. The van der Waals surface area contributed by atoms with Crippen LogP contribution in [0, 0.1) is 0 Å². The fourth-order valence-electron chi connectivity index (χ4n) is 3.24. The summed E-state index contributed by atoms with van der Waals surface area (Å²) < 4.78 is 10.8. The van der Waals surface area contributed by atoms with Gasteiger partial charge in [-0.3, -0.25) is 4.90 Å². The third kappa shape index (κ3) is 8.57. The van der Waals surface area contributed by atoms with Crippen LogP contribution < -0.4 is 10.1 Å². The number of aliphatic hydroxyl groups is 3. The summed E-state index contributed by atoms with van der Waals surface area (Å²) in [6, 6.07) is 7.03. The highest BCUT2D eigenvalue weighted by Crippen LogP contribution is 2.18. The zero-order chi connectivity index (χ0) is 21.4. The van der Waals surface area contributed by atoms with E-state index in [9.17, 15) is 15.0 Å². The van der Waals surface area contributed by atoms with Crippen LogP contribution in [0.1, 0.15) is 39.2 Å². The molecule has 1 aromatic carbocycles. The highest BCUT2D eigenvalue weighted by molar-refractivity contribution is 5.68. The Balaban J connectivity index is 1.91. The Labute approximate surface area is 172 Å². The van der Waals surface area contributed by atoms with E-state index in [1.54, 1.807) is 20.8 Å². The van der Waals surface area contributed by atoms with Crippen molar-refractivity contribution in [2.75, 3.05) is 26.3 Å². The second-order valence-electron chi connectivity index (χ2n) is 8.47. The number of hydrogen-bond acceptors (Lipinski definition) is 7. The molecule has 0 spiro atoms. The molecule has 2 rings (SSSR count). The lowest BCUT2D eigenvalue weighted by molar-refractivity contribution is 0.0384. The molecule has 0 radical (unpaired) electrons. The monoisotopic (exact) mass is 410 g/mol. The van der Waals surface area contributed by atoms with Gasteiger partial charge in [0.2, 0.25) is 0 Å². The number of ether oxygens (including phenoxy) is 2. The molecule has 4 N–H and O–H groups in total. The highest BCUT2D eigenvalue weighted by atomic mass is 16.6. The third-order valence-electron chi connectivity index (χ3n) is 4.51. The number of β-amino-alcohol motifs (C(OH)–C–C–N with tert-alkyl or cyclic N) is 2. The van der Waals surface area contributed by atoms with Gasteiger partial charge in [-0.1, -0.05) is 12.1 Å². The molecule has 1 aliphatic heterocycles. The Hall–Kier alpha value is -1.87. The van der Waals surface area contributed by atoms with Crippen LogP contribution in [0.5, 0.6) is 5.75 Å². The van der Waals surface area contributed by atoms with Crippen molar-refractivity contribution in [3.8, 4) is 5.75 Å². The molecule has 0 aromatic heterocycles. The molecule has 164 valence electrons. The molecule has 1 heterocycles. The minimum atomic E-state index is -0.819. The van der Waals surface area contributed by atoms with E-state index in [-0.39, 0.29) is 13.0 Å². The molecule has 1 saturated heterocycles. The molecular formula is C21H34N2O6. The minimum Gasteiger partial charge on any atom is -0.494 e. The van der Waals surface area contributed by atoms with E-state index in [4.69, 9.17) is 14.6 Å². The molecule has 1 aliphatic rings. The minimum absolute atomic E-state index is 0.0987. The largest absolute Gasteiger partial charge is 0.494 e. The Morgan fingerprint density at radius 1 is 1.21 bits per heavy atom. The standard InChI is InChI=1S/C21H34N2O6/c1-21(2,3)29-20(27)22-18-11-16(25)13-23(14-19(18)26)12-15-5-7-17(8-6-15)28-10-4-9-24/h5-8,16,18-19,24-26H,4,9-14H2,1-3H3,(H,22,27)/t16-,18-,19-/m1/s1. The molecule has 0 bridgehead atoms. The molecule has 0 saturated carbocycles. The molecule has 1 amide bonds. The van der Waals surface area contributed by atoms with Crippen molar-refractivity contribution in [3.63, 3.8) is 0 Å². The van der Waals surface area contributed by atoms with Gasteiger partial charge >= 0.3 is 6.09 Å². The Kier molecular flexibility index (Phi) is 8.70. The van der Waals surface area contributed by atoms with E-state index in [0.29, 0.717) is 32.7 Å². The van der Waals surface area contributed by atoms with Crippen LogP contribution in [-0.2, 0) is 11.3 Å². The third-order valence-corrected chi connectivity index (χ3v) is 4.51. The van der Waals surface area contributed by atoms with Crippen molar-refractivity contribution < 1.29 is 29.6 Å². The number of nitrogens with zero attached hydrogens (tertiary/aromatic N) is 1. The van der Waals surface area contributed by atoms with Crippen molar-refractivity contribution in [3.05, 3.63) is 29.8 Å². The first kappa shape index (κ1) is 23.4. The summed E-state index contributed by atoms with van der Waals surface area (Å²) in [4.78, 5) is 14.0. The first-order valence-corrected chi connectivity index (χ1v) is 10.1. The predicted octanol–water partition coefficient (Wildman–Crippen LogP) is 1.27. The van der Waals surface area contributed by atoms with Crippen LogP contribution in [0.3, 0.4) is 0 Å². The van der Waals surface area contributed by atoms with Gasteiger partial charge < -0.3 is 30.1 Å². The zero-order valence-electron chi connectivity index (χ0n) is 17.5. The lowest BCUT2D eigenvalue weighted by atomic mass is 10.1. The summed E-state index contributed by atoms with van der Waals surface area (Å²) >= 11 is 0.